The van der Waals surface area contributed by atoms with Crippen LogP contribution in [0.5, 0.6) is 5.75 Å². The minimum Gasteiger partial charge on any atom is -0.435 e. The van der Waals surface area contributed by atoms with Crippen molar-refractivity contribution in [1.82, 2.24) is 10.3 Å². The molecule has 0 aliphatic carbocycles. The number of halogens is 2. The number of pyridine rings is 1. The lowest BCUT2D eigenvalue weighted by Gasteiger charge is -2.28. The maximum absolute atomic E-state index is 12.3. The summed E-state index contributed by atoms with van der Waals surface area (Å²) < 4.78 is 34.2. The minimum absolute atomic E-state index is 0.0498. The third-order valence-electron chi connectivity index (χ3n) is 3.92. The largest absolute Gasteiger partial charge is 0.435 e. The Morgan fingerprint density at radius 2 is 2.08 bits per heavy atom. The molecule has 26 heavy (non-hydrogen) atoms. The van der Waals surface area contributed by atoms with Gasteiger partial charge in [0.25, 0.3) is 5.91 Å². The Labute approximate surface area is 149 Å². The van der Waals surface area contributed by atoms with Crippen molar-refractivity contribution in [3.8, 4) is 5.75 Å². The quantitative estimate of drug-likeness (QED) is 0.854. The van der Waals surface area contributed by atoms with Crippen molar-refractivity contribution in [3.05, 3.63) is 53.7 Å². The number of hydrogen-bond donors (Lipinski definition) is 1. The normalized spacial score (nSPS) is 14.3. The second kappa shape index (κ2) is 8.57. The van der Waals surface area contributed by atoms with E-state index in [4.69, 9.17) is 4.74 Å². The van der Waals surface area contributed by atoms with Gasteiger partial charge in [0.2, 0.25) is 0 Å². The van der Waals surface area contributed by atoms with E-state index in [1.807, 2.05) is 12.1 Å². The summed E-state index contributed by atoms with van der Waals surface area (Å²) in [5.74, 6) is 0.424. The van der Waals surface area contributed by atoms with E-state index in [9.17, 15) is 13.6 Å². The molecule has 1 aliphatic heterocycles. The van der Waals surface area contributed by atoms with Crippen molar-refractivity contribution in [2.75, 3.05) is 31.2 Å². The van der Waals surface area contributed by atoms with Crippen LogP contribution in [-0.4, -0.2) is 43.8 Å². The fourth-order valence-corrected chi connectivity index (χ4v) is 2.63. The number of anilines is 1. The first-order valence-corrected chi connectivity index (χ1v) is 8.22. The molecule has 2 heterocycles. The Bertz CT molecular complexity index is 752. The van der Waals surface area contributed by atoms with Crippen molar-refractivity contribution < 1.29 is 23.0 Å². The number of nitrogens with one attached hydrogen (secondary N) is 1. The number of benzene rings is 1. The number of ether oxygens (including phenoxy) is 2. The van der Waals surface area contributed by atoms with Crippen LogP contribution >= 0.6 is 0 Å². The Morgan fingerprint density at radius 1 is 1.27 bits per heavy atom. The van der Waals surface area contributed by atoms with Crippen molar-refractivity contribution >= 4 is 11.7 Å². The van der Waals surface area contributed by atoms with Gasteiger partial charge >= 0.3 is 6.61 Å². The zero-order chi connectivity index (χ0) is 18.4. The molecular weight excluding hydrogens is 344 g/mol. The molecule has 0 saturated carbocycles. The Kier molecular flexibility index (Phi) is 5.96. The predicted octanol–water partition coefficient (Wildman–Crippen LogP) is 2.45. The summed E-state index contributed by atoms with van der Waals surface area (Å²) in [6.45, 7) is 0.265. The summed E-state index contributed by atoms with van der Waals surface area (Å²) in [7, 11) is 0. The van der Waals surface area contributed by atoms with E-state index in [0.29, 0.717) is 19.8 Å². The number of alkyl halides is 2. The van der Waals surface area contributed by atoms with Gasteiger partial charge in [0, 0.05) is 31.4 Å². The lowest BCUT2D eigenvalue weighted by molar-refractivity contribution is -0.0498. The van der Waals surface area contributed by atoms with Crippen LogP contribution in [0.1, 0.15) is 15.9 Å². The second-order valence-electron chi connectivity index (χ2n) is 5.71. The van der Waals surface area contributed by atoms with Gasteiger partial charge in [-0.05, 0) is 35.9 Å². The molecule has 0 unspecified atom stereocenters. The smallest absolute Gasteiger partial charge is 0.387 e. The first kappa shape index (κ1) is 18.1. The van der Waals surface area contributed by atoms with E-state index in [1.54, 1.807) is 12.3 Å². The predicted molar refractivity (Wildman–Crippen MR) is 91.5 cm³/mol. The van der Waals surface area contributed by atoms with Crippen LogP contribution in [0.4, 0.5) is 14.6 Å². The molecule has 2 aromatic rings. The third kappa shape index (κ3) is 4.89. The molecule has 1 amide bonds. The molecule has 138 valence electrons. The summed E-state index contributed by atoms with van der Waals surface area (Å²) in [4.78, 5) is 18.7. The minimum atomic E-state index is -2.93. The maximum Gasteiger partial charge on any atom is 0.387 e. The van der Waals surface area contributed by atoms with E-state index in [1.165, 1.54) is 18.2 Å². The summed E-state index contributed by atoms with van der Waals surface area (Å²) in [6, 6.07) is 9.44. The number of amides is 1. The van der Waals surface area contributed by atoms with Gasteiger partial charge < -0.3 is 19.7 Å². The lowest BCUT2D eigenvalue weighted by atomic mass is 10.2. The molecule has 6 nitrogen and oxygen atoms in total. The highest BCUT2D eigenvalue weighted by molar-refractivity contribution is 5.94. The van der Waals surface area contributed by atoms with Crippen LogP contribution in [-0.2, 0) is 11.3 Å². The molecular formula is C18H19F2N3O3. The van der Waals surface area contributed by atoms with Crippen LogP contribution in [0.2, 0.25) is 0 Å². The zero-order valence-electron chi connectivity index (χ0n) is 14.0. The maximum atomic E-state index is 12.3. The average molecular weight is 363 g/mol. The van der Waals surface area contributed by atoms with Crippen molar-refractivity contribution in [2.24, 2.45) is 0 Å². The number of rotatable bonds is 6. The lowest BCUT2D eigenvalue weighted by Crippen LogP contribution is -2.36. The third-order valence-corrected chi connectivity index (χ3v) is 3.92. The molecule has 8 heteroatoms. The molecule has 1 fully saturated rings. The monoisotopic (exact) mass is 363 g/mol. The van der Waals surface area contributed by atoms with Crippen LogP contribution in [0, 0.1) is 0 Å². The van der Waals surface area contributed by atoms with Gasteiger partial charge in [0.15, 0.2) is 0 Å². The van der Waals surface area contributed by atoms with Crippen molar-refractivity contribution in [2.45, 2.75) is 13.2 Å². The van der Waals surface area contributed by atoms with Gasteiger partial charge in [-0.15, -0.1) is 0 Å². The zero-order valence-corrected chi connectivity index (χ0v) is 14.0. The topological polar surface area (TPSA) is 63.7 Å². The first-order chi connectivity index (χ1) is 12.6. The van der Waals surface area contributed by atoms with Crippen LogP contribution in [0.15, 0.2) is 42.6 Å². The Balaban J connectivity index is 1.61. The number of carbonyl (C=O) groups is 1. The fraction of sp³-hybridized carbons (Fsp3) is 0.333. The van der Waals surface area contributed by atoms with E-state index < -0.39 is 6.61 Å². The number of aromatic nitrogens is 1. The fourth-order valence-electron chi connectivity index (χ4n) is 2.63. The highest BCUT2D eigenvalue weighted by atomic mass is 19.3. The summed E-state index contributed by atoms with van der Waals surface area (Å²) in [5, 5.41) is 2.77. The van der Waals surface area contributed by atoms with Gasteiger partial charge in [-0.2, -0.15) is 8.78 Å². The van der Waals surface area contributed by atoms with Crippen molar-refractivity contribution in [1.29, 1.82) is 0 Å². The molecule has 1 aromatic carbocycles. The molecule has 0 spiro atoms. The summed E-state index contributed by atoms with van der Waals surface area (Å²) >= 11 is 0. The molecule has 0 bridgehead atoms. The van der Waals surface area contributed by atoms with E-state index in [0.717, 1.165) is 24.5 Å². The second-order valence-corrected chi connectivity index (χ2v) is 5.71. The molecule has 0 atom stereocenters. The SMILES string of the molecule is O=C(NCc1ccnc(N2CCOCC2)c1)c1cccc(OC(F)F)c1. The molecule has 0 radical (unpaired) electrons. The number of nitrogens with zero attached hydrogens (tertiary/aromatic N) is 2. The highest BCUT2D eigenvalue weighted by Gasteiger charge is 2.13. The number of carbonyl (C=O) groups excluding carboxylic acids is 1. The average Bonchev–Trinajstić information content (AvgIpc) is 2.67. The molecule has 1 saturated heterocycles. The van der Waals surface area contributed by atoms with Crippen molar-refractivity contribution in [3.63, 3.8) is 0 Å². The molecule has 3 rings (SSSR count). The summed E-state index contributed by atoms with van der Waals surface area (Å²) in [6.07, 6.45) is 1.70. The standard InChI is InChI=1S/C18H19F2N3O3/c19-18(20)26-15-3-1-2-14(11-15)17(24)22-12-13-4-5-21-16(10-13)23-6-8-25-9-7-23/h1-5,10-11,18H,6-9,12H2,(H,22,24). The van der Waals surface area contributed by atoms with Gasteiger partial charge in [-0.3, -0.25) is 4.79 Å². The molecule has 1 aliphatic rings. The van der Waals surface area contributed by atoms with E-state index >= 15 is 0 Å². The highest BCUT2D eigenvalue weighted by Crippen LogP contribution is 2.17. The van der Waals surface area contributed by atoms with Crippen LogP contribution in [0.3, 0.4) is 0 Å². The Morgan fingerprint density at radius 3 is 2.85 bits per heavy atom. The number of morpholine rings is 1. The number of hydrogen-bond acceptors (Lipinski definition) is 5. The first-order valence-electron chi connectivity index (χ1n) is 8.22. The van der Waals surface area contributed by atoms with Crippen LogP contribution in [0.25, 0.3) is 0 Å². The van der Waals surface area contributed by atoms with E-state index in [-0.39, 0.29) is 17.2 Å². The van der Waals surface area contributed by atoms with Gasteiger partial charge in [0.05, 0.1) is 13.2 Å². The van der Waals surface area contributed by atoms with E-state index in [2.05, 4.69) is 19.9 Å². The molecule has 1 aromatic heterocycles. The van der Waals surface area contributed by atoms with Gasteiger partial charge in [0.1, 0.15) is 11.6 Å². The van der Waals surface area contributed by atoms with Gasteiger partial charge in [-0.1, -0.05) is 6.07 Å². The van der Waals surface area contributed by atoms with Gasteiger partial charge in [-0.25, -0.2) is 4.98 Å². The Hall–Kier alpha value is -2.74. The molecule has 1 N–H and O–H groups in total. The van der Waals surface area contributed by atoms with Crippen LogP contribution < -0.4 is 15.0 Å². The summed E-state index contributed by atoms with van der Waals surface area (Å²) in [5.41, 5.74) is 1.15.